The van der Waals surface area contributed by atoms with Gasteiger partial charge in [0.2, 0.25) is 0 Å². The quantitative estimate of drug-likeness (QED) is 0.806. The van der Waals surface area contributed by atoms with E-state index in [1.165, 1.54) is 0 Å². The van der Waals surface area contributed by atoms with Gasteiger partial charge in [0.1, 0.15) is 18.1 Å². The van der Waals surface area contributed by atoms with Crippen LogP contribution in [-0.4, -0.2) is 37.6 Å². The maximum atomic E-state index is 10.8. The highest BCUT2D eigenvalue weighted by Gasteiger charge is 2.23. The van der Waals surface area contributed by atoms with Crippen LogP contribution in [0.1, 0.15) is 5.56 Å². The van der Waals surface area contributed by atoms with Gasteiger partial charge in [0.15, 0.2) is 6.10 Å². The number of amides is 1. The zero-order valence-corrected chi connectivity index (χ0v) is 10.0. The Morgan fingerprint density at radius 1 is 1.56 bits per heavy atom. The first-order valence-corrected chi connectivity index (χ1v) is 5.58. The van der Waals surface area contributed by atoms with Crippen molar-refractivity contribution in [3.63, 3.8) is 0 Å². The highest BCUT2D eigenvalue weighted by atomic mass is 16.6. The number of aliphatic hydroxyl groups is 1. The number of hydrogen-bond donors (Lipinski definition) is 2. The van der Waals surface area contributed by atoms with Crippen molar-refractivity contribution in [2.24, 2.45) is 0 Å². The van der Waals surface area contributed by atoms with Crippen LogP contribution in [0.2, 0.25) is 0 Å². The minimum atomic E-state index is -0.434. The molecule has 1 saturated heterocycles. The fourth-order valence-corrected chi connectivity index (χ4v) is 1.63. The molecule has 0 bridgehead atoms. The summed E-state index contributed by atoms with van der Waals surface area (Å²) in [5.74, 6) is 1.17. The zero-order chi connectivity index (χ0) is 13.0. The Labute approximate surface area is 104 Å². The van der Waals surface area contributed by atoms with Gasteiger partial charge in [-0.3, -0.25) is 0 Å². The molecule has 2 N–H and O–H groups in total. The number of hydrogen-bond acceptors (Lipinski definition) is 5. The summed E-state index contributed by atoms with van der Waals surface area (Å²) in [5.41, 5.74) is 0.660. The molecule has 1 aliphatic heterocycles. The van der Waals surface area contributed by atoms with E-state index in [1.54, 1.807) is 25.3 Å². The van der Waals surface area contributed by atoms with Crippen molar-refractivity contribution in [1.82, 2.24) is 5.32 Å². The number of carbonyl (C=O) groups excluding carboxylic acids is 1. The SMILES string of the molecule is COc1ccc(CO)c(OCC2CNC(=O)O2)c1. The summed E-state index contributed by atoms with van der Waals surface area (Å²) in [6, 6.07) is 5.17. The molecule has 1 amide bonds. The number of aliphatic hydroxyl groups excluding tert-OH is 1. The van der Waals surface area contributed by atoms with Crippen LogP contribution in [0, 0.1) is 0 Å². The number of methoxy groups -OCH3 is 1. The number of rotatable bonds is 5. The number of alkyl carbamates (subject to hydrolysis) is 1. The zero-order valence-electron chi connectivity index (χ0n) is 10.0. The number of carbonyl (C=O) groups is 1. The van der Waals surface area contributed by atoms with Crippen molar-refractivity contribution in [2.75, 3.05) is 20.3 Å². The highest BCUT2D eigenvalue weighted by Crippen LogP contribution is 2.25. The molecular formula is C12H15NO5. The van der Waals surface area contributed by atoms with Crippen LogP contribution in [0.5, 0.6) is 11.5 Å². The van der Waals surface area contributed by atoms with Crippen molar-refractivity contribution in [3.8, 4) is 11.5 Å². The molecule has 0 saturated carbocycles. The van der Waals surface area contributed by atoms with E-state index in [2.05, 4.69) is 5.32 Å². The Hall–Kier alpha value is -1.95. The van der Waals surface area contributed by atoms with Gasteiger partial charge >= 0.3 is 6.09 Å². The van der Waals surface area contributed by atoms with E-state index in [-0.39, 0.29) is 19.3 Å². The van der Waals surface area contributed by atoms with E-state index in [4.69, 9.17) is 14.2 Å². The predicted octanol–water partition coefficient (Wildman–Crippen LogP) is 0.675. The van der Waals surface area contributed by atoms with Crippen molar-refractivity contribution in [3.05, 3.63) is 23.8 Å². The summed E-state index contributed by atoms with van der Waals surface area (Å²) in [4.78, 5) is 10.8. The van der Waals surface area contributed by atoms with Crippen LogP contribution >= 0.6 is 0 Å². The lowest BCUT2D eigenvalue weighted by Crippen LogP contribution is -2.22. The van der Waals surface area contributed by atoms with Gasteiger partial charge in [-0.1, -0.05) is 0 Å². The summed E-state index contributed by atoms with van der Waals surface area (Å²) in [7, 11) is 1.56. The number of ether oxygens (including phenoxy) is 3. The minimum absolute atomic E-state index is 0.123. The predicted molar refractivity (Wildman–Crippen MR) is 62.7 cm³/mol. The monoisotopic (exact) mass is 253 g/mol. The molecule has 18 heavy (non-hydrogen) atoms. The van der Waals surface area contributed by atoms with Gasteiger partial charge in [-0.2, -0.15) is 0 Å². The first kappa shape index (κ1) is 12.5. The summed E-state index contributed by atoms with van der Waals surface area (Å²) in [5, 5.41) is 11.7. The van der Waals surface area contributed by atoms with E-state index in [0.717, 1.165) is 0 Å². The maximum absolute atomic E-state index is 10.8. The summed E-state index contributed by atoms with van der Waals surface area (Å²) >= 11 is 0. The van der Waals surface area contributed by atoms with Gasteiger partial charge in [-0.25, -0.2) is 4.79 Å². The van der Waals surface area contributed by atoms with E-state index >= 15 is 0 Å². The Morgan fingerprint density at radius 3 is 3.00 bits per heavy atom. The van der Waals surface area contributed by atoms with Gasteiger partial charge in [0.05, 0.1) is 20.3 Å². The Morgan fingerprint density at radius 2 is 2.39 bits per heavy atom. The lowest BCUT2D eigenvalue weighted by molar-refractivity contribution is 0.103. The number of nitrogens with one attached hydrogen (secondary N) is 1. The molecule has 0 spiro atoms. The molecule has 1 aromatic carbocycles. The van der Waals surface area contributed by atoms with Crippen molar-refractivity contribution < 1.29 is 24.1 Å². The average Bonchev–Trinajstić information content (AvgIpc) is 2.81. The van der Waals surface area contributed by atoms with Gasteiger partial charge in [0.25, 0.3) is 0 Å². The third-order valence-electron chi connectivity index (χ3n) is 2.62. The summed E-state index contributed by atoms with van der Waals surface area (Å²) in [6.07, 6.45) is -0.744. The van der Waals surface area contributed by atoms with E-state index in [9.17, 15) is 9.90 Å². The molecule has 0 aliphatic carbocycles. The second-order valence-corrected chi connectivity index (χ2v) is 3.85. The molecule has 1 unspecified atom stereocenters. The molecule has 1 heterocycles. The van der Waals surface area contributed by atoms with Crippen molar-refractivity contribution >= 4 is 6.09 Å². The van der Waals surface area contributed by atoms with Gasteiger partial charge < -0.3 is 24.6 Å². The van der Waals surface area contributed by atoms with Crippen LogP contribution in [0.15, 0.2) is 18.2 Å². The molecule has 1 aromatic rings. The maximum Gasteiger partial charge on any atom is 0.407 e. The minimum Gasteiger partial charge on any atom is -0.497 e. The van der Waals surface area contributed by atoms with Gasteiger partial charge in [-0.05, 0) is 12.1 Å². The van der Waals surface area contributed by atoms with Crippen LogP contribution in [0.3, 0.4) is 0 Å². The molecule has 2 rings (SSSR count). The second-order valence-electron chi connectivity index (χ2n) is 3.85. The van der Waals surface area contributed by atoms with Crippen molar-refractivity contribution in [1.29, 1.82) is 0 Å². The standard InChI is InChI=1S/C12H15NO5/c1-16-9-3-2-8(6-14)11(4-9)17-7-10-5-13-12(15)18-10/h2-4,10,14H,5-7H2,1H3,(H,13,15). The fourth-order valence-electron chi connectivity index (χ4n) is 1.63. The van der Waals surface area contributed by atoms with E-state index in [0.29, 0.717) is 23.6 Å². The van der Waals surface area contributed by atoms with E-state index in [1.807, 2.05) is 0 Å². The molecule has 0 radical (unpaired) electrons. The van der Waals surface area contributed by atoms with Crippen LogP contribution in [-0.2, 0) is 11.3 Å². The lowest BCUT2D eigenvalue weighted by atomic mass is 10.2. The molecule has 6 heteroatoms. The van der Waals surface area contributed by atoms with E-state index < -0.39 is 6.09 Å². The fraction of sp³-hybridized carbons (Fsp3) is 0.417. The normalized spacial score (nSPS) is 18.1. The topological polar surface area (TPSA) is 77.0 Å². The van der Waals surface area contributed by atoms with Gasteiger partial charge in [0, 0.05) is 11.6 Å². The Balaban J connectivity index is 2.00. The van der Waals surface area contributed by atoms with Crippen LogP contribution < -0.4 is 14.8 Å². The Bertz CT molecular complexity index is 434. The first-order chi connectivity index (χ1) is 8.72. The molecule has 1 fully saturated rings. The highest BCUT2D eigenvalue weighted by molar-refractivity contribution is 5.69. The summed E-state index contributed by atoms with van der Waals surface area (Å²) in [6.45, 7) is 0.540. The smallest absolute Gasteiger partial charge is 0.407 e. The van der Waals surface area contributed by atoms with Crippen molar-refractivity contribution in [2.45, 2.75) is 12.7 Å². The van der Waals surface area contributed by atoms with Crippen LogP contribution in [0.4, 0.5) is 4.79 Å². The molecular weight excluding hydrogens is 238 g/mol. The van der Waals surface area contributed by atoms with Gasteiger partial charge in [-0.15, -0.1) is 0 Å². The third-order valence-corrected chi connectivity index (χ3v) is 2.62. The largest absolute Gasteiger partial charge is 0.497 e. The molecule has 1 aliphatic rings. The molecule has 6 nitrogen and oxygen atoms in total. The summed E-state index contributed by atoms with van der Waals surface area (Å²) < 4.78 is 15.6. The third kappa shape index (κ3) is 2.84. The Kier molecular flexibility index (Phi) is 3.88. The number of cyclic esters (lactones) is 1. The second kappa shape index (κ2) is 5.59. The average molecular weight is 253 g/mol. The van der Waals surface area contributed by atoms with Crippen LogP contribution in [0.25, 0.3) is 0 Å². The first-order valence-electron chi connectivity index (χ1n) is 5.58. The molecule has 98 valence electrons. The lowest BCUT2D eigenvalue weighted by Gasteiger charge is -2.13. The molecule has 0 aromatic heterocycles. The number of benzene rings is 1. The molecule has 1 atom stereocenters.